The highest BCUT2D eigenvalue weighted by Crippen LogP contribution is 2.30. The number of hydrogen-bond acceptors (Lipinski definition) is 6. The predicted octanol–water partition coefficient (Wildman–Crippen LogP) is 5.29. The van der Waals surface area contributed by atoms with Gasteiger partial charge < -0.3 is 14.8 Å². The van der Waals surface area contributed by atoms with Crippen LogP contribution in [0.25, 0.3) is 6.08 Å². The number of benzene rings is 3. The monoisotopic (exact) mass is 457 g/mol. The number of hydrogen-bond donors (Lipinski definition) is 1. The number of nitro benzene ring substituents is 1. The highest BCUT2D eigenvalue weighted by atomic mass is 16.6. The molecular formula is C26H23N3O5. The van der Waals surface area contributed by atoms with Crippen molar-refractivity contribution >= 4 is 23.4 Å². The van der Waals surface area contributed by atoms with E-state index in [1.165, 1.54) is 25.3 Å². The lowest BCUT2D eigenvalue weighted by Gasteiger charge is -2.12. The maximum Gasteiger partial charge on any atom is 0.269 e. The minimum absolute atomic E-state index is 0.00740. The van der Waals surface area contributed by atoms with Crippen LogP contribution in [0.1, 0.15) is 23.6 Å². The van der Waals surface area contributed by atoms with Gasteiger partial charge in [-0.15, -0.1) is 0 Å². The summed E-state index contributed by atoms with van der Waals surface area (Å²) in [6.07, 6.45) is 2.23. The highest BCUT2D eigenvalue weighted by molar-refractivity contribution is 6.10. The maximum absolute atomic E-state index is 12.7. The number of aryl methyl sites for hydroxylation is 1. The van der Waals surface area contributed by atoms with E-state index in [4.69, 9.17) is 9.47 Å². The van der Waals surface area contributed by atoms with E-state index in [0.29, 0.717) is 22.7 Å². The van der Waals surface area contributed by atoms with Crippen LogP contribution >= 0.6 is 0 Å². The third-order valence-electron chi connectivity index (χ3n) is 5.05. The van der Waals surface area contributed by atoms with Crippen LogP contribution < -0.4 is 14.8 Å². The van der Waals surface area contributed by atoms with Gasteiger partial charge in [-0.05, 0) is 59.5 Å². The number of non-ortho nitro benzene ring substituents is 1. The smallest absolute Gasteiger partial charge is 0.269 e. The quantitative estimate of drug-likeness (QED) is 0.202. The molecule has 0 radical (unpaired) electrons. The van der Waals surface area contributed by atoms with E-state index in [1.54, 1.807) is 36.4 Å². The van der Waals surface area contributed by atoms with Crippen LogP contribution in [0.15, 0.2) is 72.3 Å². The minimum atomic E-state index is -0.499. The molecule has 3 rings (SSSR count). The number of amides is 1. The minimum Gasteiger partial charge on any atom is -0.493 e. The van der Waals surface area contributed by atoms with Crippen molar-refractivity contribution in [1.29, 1.82) is 5.26 Å². The zero-order chi connectivity index (χ0) is 24.5. The third-order valence-corrected chi connectivity index (χ3v) is 5.05. The van der Waals surface area contributed by atoms with E-state index >= 15 is 0 Å². The summed E-state index contributed by atoms with van der Waals surface area (Å²) in [5.74, 6) is 0.378. The molecule has 3 aromatic carbocycles. The number of carbonyl (C=O) groups excluding carboxylic acids is 1. The fourth-order valence-corrected chi connectivity index (χ4v) is 3.22. The van der Waals surface area contributed by atoms with Crippen molar-refractivity contribution in [3.8, 4) is 17.6 Å². The number of carbonyl (C=O) groups is 1. The molecule has 172 valence electrons. The number of nitriles is 1. The van der Waals surface area contributed by atoms with Crippen LogP contribution in [0.3, 0.4) is 0 Å². The van der Waals surface area contributed by atoms with Gasteiger partial charge in [-0.2, -0.15) is 5.26 Å². The van der Waals surface area contributed by atoms with Gasteiger partial charge in [0, 0.05) is 17.8 Å². The number of methoxy groups -OCH3 is 1. The molecule has 0 spiro atoms. The first-order valence-corrected chi connectivity index (χ1v) is 10.5. The van der Waals surface area contributed by atoms with Crippen molar-refractivity contribution in [2.24, 2.45) is 0 Å². The summed E-state index contributed by atoms with van der Waals surface area (Å²) >= 11 is 0. The Balaban J connectivity index is 1.74. The van der Waals surface area contributed by atoms with Crippen molar-refractivity contribution < 1.29 is 19.2 Å². The molecule has 0 heterocycles. The SMILES string of the molecule is CCc1ccccc1NC(=O)/C(C#N)=C/c1ccc(OCc2ccc([N+](=O)[O-])cc2)c(OC)c1. The van der Waals surface area contributed by atoms with Gasteiger partial charge in [0.25, 0.3) is 11.6 Å². The Hall–Kier alpha value is -4.64. The van der Waals surface area contributed by atoms with E-state index in [2.05, 4.69) is 5.32 Å². The lowest BCUT2D eigenvalue weighted by Crippen LogP contribution is -2.14. The van der Waals surface area contributed by atoms with Crippen LogP contribution in [0.4, 0.5) is 11.4 Å². The molecule has 0 saturated heterocycles. The molecular weight excluding hydrogens is 434 g/mol. The van der Waals surface area contributed by atoms with Crippen molar-refractivity contribution in [2.45, 2.75) is 20.0 Å². The van der Waals surface area contributed by atoms with E-state index in [1.807, 2.05) is 31.2 Å². The van der Waals surface area contributed by atoms with Crippen LogP contribution in [-0.2, 0) is 17.8 Å². The molecule has 8 nitrogen and oxygen atoms in total. The Bertz CT molecular complexity index is 1260. The average Bonchev–Trinajstić information content (AvgIpc) is 2.86. The largest absolute Gasteiger partial charge is 0.493 e. The molecule has 3 aromatic rings. The molecule has 0 aliphatic carbocycles. The molecule has 0 bridgehead atoms. The number of nitro groups is 1. The van der Waals surface area contributed by atoms with E-state index in [9.17, 15) is 20.2 Å². The molecule has 0 saturated carbocycles. The van der Waals surface area contributed by atoms with Crippen molar-refractivity contribution in [2.75, 3.05) is 12.4 Å². The van der Waals surface area contributed by atoms with E-state index in [-0.39, 0.29) is 17.9 Å². The summed E-state index contributed by atoms with van der Waals surface area (Å²) < 4.78 is 11.2. The van der Waals surface area contributed by atoms with Crippen LogP contribution in [-0.4, -0.2) is 17.9 Å². The van der Waals surface area contributed by atoms with Crippen molar-refractivity contribution in [3.05, 3.63) is 99.1 Å². The van der Waals surface area contributed by atoms with Crippen molar-refractivity contribution in [1.82, 2.24) is 0 Å². The first kappa shape index (κ1) is 24.0. The fraction of sp³-hybridized carbons (Fsp3) is 0.154. The molecule has 34 heavy (non-hydrogen) atoms. The maximum atomic E-state index is 12.7. The van der Waals surface area contributed by atoms with E-state index < -0.39 is 10.8 Å². The highest BCUT2D eigenvalue weighted by Gasteiger charge is 2.13. The summed E-state index contributed by atoms with van der Waals surface area (Å²) in [5, 5.41) is 23.1. The Labute approximate surface area is 197 Å². The fourth-order valence-electron chi connectivity index (χ4n) is 3.22. The van der Waals surface area contributed by atoms with Crippen LogP contribution in [0.2, 0.25) is 0 Å². The van der Waals surface area contributed by atoms with Crippen LogP contribution in [0.5, 0.6) is 11.5 Å². The standard InChI is InChI=1S/C26H23N3O5/c1-3-20-6-4-5-7-23(20)28-26(30)21(16-27)14-19-10-13-24(25(15-19)33-2)34-17-18-8-11-22(12-9-18)29(31)32/h4-15H,3,17H2,1-2H3,(H,28,30)/b21-14+. The number of rotatable bonds is 9. The molecule has 0 fully saturated rings. The van der Waals surface area contributed by atoms with Gasteiger partial charge in [-0.25, -0.2) is 0 Å². The molecule has 1 N–H and O–H groups in total. The molecule has 0 unspecified atom stereocenters. The van der Waals surface area contributed by atoms with Gasteiger partial charge in [0.1, 0.15) is 18.2 Å². The van der Waals surface area contributed by atoms with Gasteiger partial charge in [0.2, 0.25) is 0 Å². The predicted molar refractivity (Wildman–Crippen MR) is 128 cm³/mol. The average molecular weight is 457 g/mol. The Kier molecular flexibility index (Phi) is 7.97. The Morgan fingerprint density at radius 3 is 2.50 bits per heavy atom. The molecule has 8 heteroatoms. The zero-order valence-corrected chi connectivity index (χ0v) is 18.8. The number of nitrogens with zero attached hydrogens (tertiary/aromatic N) is 2. The number of nitrogens with one attached hydrogen (secondary N) is 1. The lowest BCUT2D eigenvalue weighted by atomic mass is 10.1. The van der Waals surface area contributed by atoms with Gasteiger partial charge in [0.15, 0.2) is 11.5 Å². The number of anilines is 1. The molecule has 0 aromatic heterocycles. The first-order chi connectivity index (χ1) is 16.4. The molecule has 0 aliphatic rings. The summed E-state index contributed by atoms with van der Waals surface area (Å²) in [7, 11) is 1.49. The van der Waals surface area contributed by atoms with Crippen molar-refractivity contribution in [3.63, 3.8) is 0 Å². The summed E-state index contributed by atoms with van der Waals surface area (Å²) in [4.78, 5) is 23.0. The van der Waals surface area contributed by atoms with Gasteiger partial charge in [0.05, 0.1) is 12.0 Å². The summed E-state index contributed by atoms with van der Waals surface area (Å²) in [6.45, 7) is 2.18. The first-order valence-electron chi connectivity index (χ1n) is 10.5. The normalized spacial score (nSPS) is 10.8. The summed E-state index contributed by atoms with van der Waals surface area (Å²) in [6, 6.07) is 20.5. The van der Waals surface area contributed by atoms with Gasteiger partial charge >= 0.3 is 0 Å². The Morgan fingerprint density at radius 2 is 1.85 bits per heavy atom. The van der Waals surface area contributed by atoms with Gasteiger partial charge in [-0.1, -0.05) is 31.2 Å². The molecule has 1 amide bonds. The number of para-hydroxylation sites is 1. The van der Waals surface area contributed by atoms with E-state index in [0.717, 1.165) is 17.5 Å². The second-order valence-corrected chi connectivity index (χ2v) is 7.26. The topological polar surface area (TPSA) is 114 Å². The number of ether oxygens (including phenoxy) is 2. The lowest BCUT2D eigenvalue weighted by molar-refractivity contribution is -0.384. The zero-order valence-electron chi connectivity index (χ0n) is 18.8. The van der Waals surface area contributed by atoms with Gasteiger partial charge in [-0.3, -0.25) is 14.9 Å². The molecule has 0 atom stereocenters. The third kappa shape index (κ3) is 5.99. The van der Waals surface area contributed by atoms with Crippen LogP contribution in [0, 0.1) is 21.4 Å². The summed E-state index contributed by atoms with van der Waals surface area (Å²) in [5.41, 5.74) is 2.95. The second kappa shape index (κ2) is 11.3. The Morgan fingerprint density at radius 1 is 1.12 bits per heavy atom. The second-order valence-electron chi connectivity index (χ2n) is 7.26. The molecule has 0 aliphatic heterocycles.